The molecule has 678 valence electrons. The van der Waals surface area contributed by atoms with E-state index in [-0.39, 0.29) is 69.9 Å². The third-order valence-electron chi connectivity index (χ3n) is 24.7. The number of amides is 8. The molecule has 39 heteroatoms. The Morgan fingerprint density at radius 1 is 0.675 bits per heavy atom. The lowest BCUT2D eigenvalue weighted by atomic mass is 9.54. The zero-order valence-corrected chi connectivity index (χ0v) is 71.8. The Hall–Kier alpha value is -10.2. The molecule has 4 aliphatic carbocycles. The highest BCUT2D eigenvalue weighted by atomic mass is 35.5. The van der Waals surface area contributed by atoms with E-state index in [2.05, 4.69) is 42.5 Å². The molecular weight excluding hydrogens is 1700 g/mol. The van der Waals surface area contributed by atoms with E-state index in [9.17, 15) is 64.0 Å². The maximum Gasteiger partial charge on any atom is 0.264 e. The number of unbranched alkanes of at least 4 members (excludes halogenated alkanes) is 2. The van der Waals surface area contributed by atoms with Gasteiger partial charge < -0.3 is 127 Å². The molecule has 18 atom stereocenters. The summed E-state index contributed by atoms with van der Waals surface area (Å²) in [4.78, 5) is 125. The summed E-state index contributed by atoms with van der Waals surface area (Å²) in [5.74, 6) is -14.2. The second-order valence-electron chi connectivity index (χ2n) is 34.4. The highest BCUT2D eigenvalue weighted by molar-refractivity contribution is 7.90. The standard InChI is InChI=1S/C87H104Cl2N10O26S/c1-7-8-9-20-119-48-13-15-49(16-14-48)126(117,118)99-63(104)34-55-80(111)94-68-46-30-60(121-58-18-11-42(28-52(58)88)72(105)70(84(115)92-55)97-79(110)54(91-6)21-37(2)3)76(125-86-77(75(108)74(107)62(36-100)123-86)124-64-35-87(5,90)78(109)38(4)120-64)61(31-46)122-59-19-12-43(29-53(59)89)73(106)71-85(116)96-69(83(114)93-66-44-23-39-22-40(25-44)26-45(66)24-39)51-32-47(101)33-57(103)65(51)50-27-41(10-17-56(50)102)67(81(112)98-71)95-82(68)113/h10-19,27-33,37-40,44-45,54-55,62,64,66-75,77-78,86,91,100-103,105-109H,7-9,20-26,34-36,90H2,1-6H3,(H,92,115)(H,93,114)(H,94,111)(H,95,113)(H,96,116)(H,97,110)(H,98,112)(H,99,104)/t38-,39?,40?,44?,45?,54+,55-,62+,64-,66?,67+,68+,69-,70+,71-,72+,73+,74+,75-,77+,78+,86-,87-/m0/s1. The van der Waals surface area contributed by atoms with E-state index in [1.165, 1.54) is 51.2 Å². The van der Waals surface area contributed by atoms with E-state index in [1.54, 1.807) is 13.8 Å². The molecule has 7 aliphatic heterocycles. The summed E-state index contributed by atoms with van der Waals surface area (Å²) in [5.41, 5.74) is 2.73. The number of nitrogens with two attached hydrogens (primary N) is 1. The first-order valence-corrected chi connectivity index (χ1v) is 44.1. The van der Waals surface area contributed by atoms with E-state index < -0.39 is 252 Å². The Kier molecular flexibility index (Phi) is 27.7. The fourth-order valence-electron chi connectivity index (χ4n) is 18.4. The van der Waals surface area contributed by atoms with Crippen molar-refractivity contribution in [2.24, 2.45) is 35.3 Å². The minimum atomic E-state index is -4.92. The van der Waals surface area contributed by atoms with Gasteiger partial charge in [0.1, 0.15) is 101 Å². The van der Waals surface area contributed by atoms with Crippen molar-refractivity contribution in [3.8, 4) is 62.9 Å². The van der Waals surface area contributed by atoms with Crippen LogP contribution in [0, 0.1) is 29.6 Å². The van der Waals surface area contributed by atoms with Crippen LogP contribution in [-0.4, -0.2) is 207 Å². The van der Waals surface area contributed by atoms with Gasteiger partial charge in [0.25, 0.3) is 10.0 Å². The Bertz CT molecular complexity index is 5240. The number of likely N-dealkylation sites (N-methyl/N-ethyl adjacent to an activating group) is 1. The number of halogens is 2. The van der Waals surface area contributed by atoms with Crippen molar-refractivity contribution < 1.29 is 126 Å². The molecule has 7 heterocycles. The van der Waals surface area contributed by atoms with Crippen LogP contribution >= 0.6 is 23.2 Å². The van der Waals surface area contributed by atoms with Crippen molar-refractivity contribution in [1.82, 2.24) is 47.3 Å². The highest BCUT2D eigenvalue weighted by Crippen LogP contribution is 2.55. The molecular formula is C87H104Cl2N10O26S. The number of hydrogen-bond donors (Lipinski definition) is 19. The second kappa shape index (κ2) is 38.0. The van der Waals surface area contributed by atoms with Crippen LogP contribution in [0.2, 0.25) is 10.0 Å². The van der Waals surface area contributed by atoms with E-state index in [0.29, 0.717) is 24.9 Å². The molecule has 0 radical (unpaired) electrons. The molecule has 0 aromatic heterocycles. The lowest BCUT2D eigenvalue weighted by molar-refractivity contribution is -0.333. The quantitative estimate of drug-likeness (QED) is 0.0439. The molecule has 15 bridgehead atoms. The number of phenolic OH excluding ortho intramolecular Hbond substituents is 3. The molecule has 6 fully saturated rings. The number of sulfonamides is 1. The van der Waals surface area contributed by atoms with Crippen LogP contribution in [0.5, 0.6) is 51.7 Å². The van der Waals surface area contributed by atoms with E-state index >= 15 is 28.8 Å². The van der Waals surface area contributed by atoms with Gasteiger partial charge in [-0.1, -0.05) is 75.0 Å². The number of hydrogen-bond acceptors (Lipinski definition) is 28. The number of aliphatic hydroxyl groups is 6. The molecule has 0 spiro atoms. The van der Waals surface area contributed by atoms with Crippen LogP contribution in [0.25, 0.3) is 11.1 Å². The van der Waals surface area contributed by atoms with Gasteiger partial charge in [-0.3, -0.25) is 38.4 Å². The van der Waals surface area contributed by atoms with Crippen LogP contribution in [0.1, 0.15) is 163 Å². The maximum atomic E-state index is 16.7. The van der Waals surface area contributed by atoms with Gasteiger partial charge in [0.15, 0.2) is 23.9 Å². The lowest BCUT2D eigenvalue weighted by Crippen LogP contribution is -2.64. The summed E-state index contributed by atoms with van der Waals surface area (Å²) >= 11 is 14.5. The van der Waals surface area contributed by atoms with Gasteiger partial charge in [-0.05, 0) is 202 Å². The van der Waals surface area contributed by atoms with Crippen molar-refractivity contribution in [2.45, 2.75) is 225 Å². The van der Waals surface area contributed by atoms with E-state index in [4.69, 9.17) is 62.1 Å². The van der Waals surface area contributed by atoms with Gasteiger partial charge in [0.2, 0.25) is 59.3 Å². The van der Waals surface area contributed by atoms with Crippen LogP contribution in [0.15, 0.2) is 108 Å². The normalized spacial score (nSPS) is 30.3. The third kappa shape index (κ3) is 19.7. The van der Waals surface area contributed by atoms with Gasteiger partial charge in [-0.15, -0.1) is 0 Å². The average molecular weight is 1810 g/mol. The number of phenols is 3. The number of carbonyl (C=O) groups excluding carboxylic acids is 8. The van der Waals surface area contributed by atoms with Gasteiger partial charge in [-0.25, -0.2) is 13.1 Å². The Balaban J connectivity index is 0.964. The Labute approximate surface area is 734 Å². The molecule has 11 aliphatic rings. The fraction of sp³-hybridized carbons (Fsp3) is 0.494. The number of fused-ring (bicyclic) bond motifs is 15. The molecule has 6 aromatic rings. The number of nitrogens with one attached hydrogen (secondary N) is 9. The molecule has 2 saturated heterocycles. The number of aliphatic hydroxyl groups excluding tert-OH is 6. The van der Waals surface area contributed by atoms with E-state index in [0.717, 1.165) is 118 Å². The van der Waals surface area contributed by atoms with Crippen molar-refractivity contribution >= 4 is 80.5 Å². The summed E-state index contributed by atoms with van der Waals surface area (Å²) in [6.45, 7) is 7.91. The van der Waals surface area contributed by atoms with Crippen LogP contribution in [0.4, 0.5) is 0 Å². The minimum absolute atomic E-state index is 0.0450. The Morgan fingerprint density at radius 3 is 1.90 bits per heavy atom. The molecule has 126 heavy (non-hydrogen) atoms. The molecule has 0 unspecified atom stereocenters. The van der Waals surface area contributed by atoms with Crippen molar-refractivity contribution in [3.05, 3.63) is 141 Å². The van der Waals surface area contributed by atoms with Gasteiger partial charge in [0.05, 0.1) is 52.8 Å². The topological polar surface area (TPSA) is 552 Å². The summed E-state index contributed by atoms with van der Waals surface area (Å²) in [6, 6.07) is 4.19. The average Bonchev–Trinajstić information content (AvgIpc) is 0.755. The number of carbonyl (C=O) groups is 8. The SMILES string of the molecule is CCCCCOc1ccc(S(=O)(=O)NC(=O)C[C@@H]2NC(=O)[C@H](NC(=O)[C@@H](CC(C)C)NC)[C@H](O)c3ccc(c(Cl)c3)Oc3cc4cc(c3O[C@@H]3O[C@H](CO)[C@@H](O)[C@H](O)[C@H]3O[C@H]3C[C@](C)(N)[C@H](O)[C@H](C)O3)Oc3ccc(cc3Cl)[C@@H](O)[C@@H]3NC(=O)[C@H](NC(=O)[C@@H]4NC2=O)c2ccc(O)c(c2)-c2c(O)cc(O)cc2[C@@H](C(=O)NC2C4CC5CC(C4)CC2C5)NC3=O)cc1. The zero-order chi connectivity index (χ0) is 90.4. The maximum absolute atomic E-state index is 16.7. The van der Waals surface area contributed by atoms with Gasteiger partial charge in [0, 0.05) is 35.2 Å². The van der Waals surface area contributed by atoms with Crippen LogP contribution < -0.4 is 71.9 Å². The van der Waals surface area contributed by atoms with E-state index in [1.807, 2.05) is 11.6 Å². The van der Waals surface area contributed by atoms with Gasteiger partial charge in [-0.2, -0.15) is 0 Å². The number of rotatable bonds is 21. The molecule has 6 aromatic carbocycles. The number of ether oxygens (including phenoxy) is 7. The summed E-state index contributed by atoms with van der Waals surface area (Å²) in [7, 11) is -3.46. The van der Waals surface area contributed by atoms with Crippen molar-refractivity contribution in [3.63, 3.8) is 0 Å². The molecule has 8 amide bonds. The summed E-state index contributed by atoms with van der Waals surface area (Å²) < 4.78 is 75.3. The molecule has 36 nitrogen and oxygen atoms in total. The fourth-order valence-corrected chi connectivity index (χ4v) is 19.9. The predicted octanol–water partition coefficient (Wildman–Crippen LogP) is 4.55. The first-order chi connectivity index (χ1) is 59.9. The largest absolute Gasteiger partial charge is 0.508 e. The third-order valence-corrected chi connectivity index (χ3v) is 26.7. The predicted molar refractivity (Wildman–Crippen MR) is 448 cm³/mol. The first-order valence-electron chi connectivity index (χ1n) is 41.9. The number of benzene rings is 6. The second-order valence-corrected chi connectivity index (χ2v) is 36.9. The van der Waals surface area contributed by atoms with Crippen LogP contribution in [0.3, 0.4) is 0 Å². The van der Waals surface area contributed by atoms with Crippen molar-refractivity contribution in [1.29, 1.82) is 0 Å². The lowest BCUT2D eigenvalue weighted by Gasteiger charge is -2.54. The molecule has 20 N–H and O–H groups in total. The molecule has 17 rings (SSSR count). The summed E-state index contributed by atoms with van der Waals surface area (Å²) in [6.07, 6.45) is -12.6. The highest BCUT2D eigenvalue weighted by Gasteiger charge is 2.53. The van der Waals surface area contributed by atoms with Crippen LogP contribution in [-0.2, 0) is 62.6 Å². The Morgan fingerprint density at radius 2 is 1.29 bits per heavy atom. The smallest absolute Gasteiger partial charge is 0.264 e. The van der Waals surface area contributed by atoms with Crippen molar-refractivity contribution in [2.75, 3.05) is 20.3 Å². The first kappa shape index (κ1) is 92.0. The molecule has 4 saturated carbocycles. The van der Waals surface area contributed by atoms with Gasteiger partial charge >= 0.3 is 0 Å². The zero-order valence-electron chi connectivity index (χ0n) is 69.5. The minimum Gasteiger partial charge on any atom is -0.508 e. The monoisotopic (exact) mass is 1810 g/mol. The summed E-state index contributed by atoms with van der Waals surface area (Å²) in [5, 5.41) is 127. The number of aromatic hydroxyl groups is 3.